The van der Waals surface area contributed by atoms with Gasteiger partial charge in [-0.15, -0.1) is 0 Å². The fraction of sp³-hybridized carbons (Fsp3) is 0.350. The van der Waals surface area contributed by atoms with Crippen LogP contribution < -0.4 is 0 Å². The Bertz CT molecular complexity index is 833. The lowest BCUT2D eigenvalue weighted by atomic mass is 10.1. The fourth-order valence-corrected chi connectivity index (χ4v) is 3.31. The molecule has 3 rings (SSSR count). The summed E-state index contributed by atoms with van der Waals surface area (Å²) < 4.78 is 53.2. The first-order chi connectivity index (χ1) is 13.3. The molecule has 1 saturated heterocycles. The van der Waals surface area contributed by atoms with E-state index in [-0.39, 0.29) is 30.8 Å². The average molecular weight is 396 g/mol. The molecule has 150 valence electrons. The number of rotatable bonds is 4. The Morgan fingerprint density at radius 2 is 1.61 bits per heavy atom. The van der Waals surface area contributed by atoms with Crippen LogP contribution in [0.25, 0.3) is 0 Å². The summed E-state index contributed by atoms with van der Waals surface area (Å²) >= 11 is 0. The van der Waals surface area contributed by atoms with Gasteiger partial charge in [0.15, 0.2) is 0 Å². The van der Waals surface area contributed by atoms with E-state index in [0.717, 1.165) is 6.07 Å². The van der Waals surface area contributed by atoms with Crippen LogP contribution >= 0.6 is 0 Å². The van der Waals surface area contributed by atoms with Gasteiger partial charge in [-0.25, -0.2) is 4.39 Å². The van der Waals surface area contributed by atoms with Gasteiger partial charge >= 0.3 is 6.18 Å². The molecule has 0 aliphatic carbocycles. The minimum atomic E-state index is -4.60. The molecule has 0 unspecified atom stereocenters. The third-order valence-corrected chi connectivity index (χ3v) is 4.82. The predicted octanol–water partition coefficient (Wildman–Crippen LogP) is 3.34. The zero-order valence-corrected chi connectivity index (χ0v) is 15.0. The minimum absolute atomic E-state index is 0.183. The van der Waals surface area contributed by atoms with E-state index in [1.807, 2.05) is 4.90 Å². The van der Waals surface area contributed by atoms with Gasteiger partial charge in [0.25, 0.3) is 5.91 Å². The van der Waals surface area contributed by atoms with E-state index in [1.54, 1.807) is 6.07 Å². The summed E-state index contributed by atoms with van der Waals surface area (Å²) in [6.45, 7) is 1.41. The molecule has 1 heterocycles. The summed E-state index contributed by atoms with van der Waals surface area (Å²) in [7, 11) is 0. The summed E-state index contributed by atoms with van der Waals surface area (Å²) in [6.07, 6.45) is -5.62. The van der Waals surface area contributed by atoms with Crippen LogP contribution in [0.3, 0.4) is 0 Å². The number of piperazine rings is 1. The fourth-order valence-electron chi connectivity index (χ4n) is 3.31. The highest BCUT2D eigenvalue weighted by Gasteiger charge is 2.36. The van der Waals surface area contributed by atoms with Crippen molar-refractivity contribution in [3.05, 3.63) is 71.0 Å². The van der Waals surface area contributed by atoms with Crippen molar-refractivity contribution < 1.29 is 27.5 Å². The molecule has 1 atom stereocenters. The van der Waals surface area contributed by atoms with Crippen LogP contribution in [-0.4, -0.2) is 53.5 Å². The Labute approximate surface area is 160 Å². The van der Waals surface area contributed by atoms with Crippen molar-refractivity contribution in [3.63, 3.8) is 0 Å². The van der Waals surface area contributed by atoms with Crippen molar-refractivity contribution in [1.82, 2.24) is 9.80 Å². The lowest BCUT2D eigenvalue weighted by molar-refractivity contribution is -0.138. The van der Waals surface area contributed by atoms with Crippen LogP contribution in [0, 0.1) is 5.82 Å². The van der Waals surface area contributed by atoms with Crippen LogP contribution in [0.15, 0.2) is 48.5 Å². The summed E-state index contributed by atoms with van der Waals surface area (Å²) in [6, 6.07) is 10.7. The van der Waals surface area contributed by atoms with E-state index in [9.17, 15) is 27.5 Å². The quantitative estimate of drug-likeness (QED) is 0.807. The Morgan fingerprint density at radius 3 is 2.25 bits per heavy atom. The van der Waals surface area contributed by atoms with Crippen molar-refractivity contribution in [1.29, 1.82) is 0 Å². The summed E-state index contributed by atoms with van der Waals surface area (Å²) in [4.78, 5) is 15.8. The molecule has 2 aromatic carbocycles. The number of hydrogen-bond acceptors (Lipinski definition) is 3. The van der Waals surface area contributed by atoms with Gasteiger partial charge < -0.3 is 10.0 Å². The molecule has 4 nitrogen and oxygen atoms in total. The normalized spacial score (nSPS) is 16.8. The molecule has 0 bridgehead atoms. The molecular weight excluding hydrogens is 376 g/mol. The van der Waals surface area contributed by atoms with Gasteiger partial charge in [0, 0.05) is 38.3 Å². The predicted molar refractivity (Wildman–Crippen MR) is 95.1 cm³/mol. The van der Waals surface area contributed by atoms with Crippen LogP contribution in [0.2, 0.25) is 0 Å². The van der Waals surface area contributed by atoms with Crippen molar-refractivity contribution in [3.8, 4) is 0 Å². The molecule has 1 aliphatic heterocycles. The third-order valence-electron chi connectivity index (χ3n) is 4.82. The van der Waals surface area contributed by atoms with E-state index >= 15 is 0 Å². The molecule has 0 aromatic heterocycles. The largest absolute Gasteiger partial charge is 0.417 e. The Morgan fingerprint density at radius 1 is 1.00 bits per heavy atom. The van der Waals surface area contributed by atoms with E-state index in [0.29, 0.717) is 13.1 Å². The van der Waals surface area contributed by atoms with Crippen LogP contribution in [0.5, 0.6) is 0 Å². The zero-order chi connectivity index (χ0) is 20.3. The van der Waals surface area contributed by atoms with E-state index in [4.69, 9.17) is 0 Å². The molecule has 8 heteroatoms. The molecular formula is C20H20F4N2O2. The van der Waals surface area contributed by atoms with Gasteiger partial charge in [0.1, 0.15) is 5.82 Å². The van der Waals surface area contributed by atoms with E-state index in [2.05, 4.69) is 0 Å². The van der Waals surface area contributed by atoms with Gasteiger partial charge in [-0.2, -0.15) is 13.2 Å². The van der Waals surface area contributed by atoms with Crippen molar-refractivity contribution >= 4 is 5.91 Å². The standard InChI is InChI=1S/C20H20F4N2O2/c21-17-8-4-2-6-15(17)18(27)13-25-9-11-26(12-10-25)19(28)14-5-1-3-7-16(14)20(22,23)24/h1-8,18,27H,9-13H2/t18-/m1/s1. The van der Waals surface area contributed by atoms with Gasteiger partial charge in [0.05, 0.1) is 17.2 Å². The Balaban J connectivity index is 1.62. The smallest absolute Gasteiger partial charge is 0.387 e. The van der Waals surface area contributed by atoms with E-state index < -0.39 is 29.6 Å². The first-order valence-corrected chi connectivity index (χ1v) is 8.87. The summed E-state index contributed by atoms with van der Waals surface area (Å²) in [5.74, 6) is -1.16. The second-order valence-corrected chi connectivity index (χ2v) is 6.67. The second-order valence-electron chi connectivity index (χ2n) is 6.67. The number of carbonyl (C=O) groups is 1. The number of aliphatic hydroxyl groups is 1. The molecule has 1 aliphatic rings. The number of amides is 1. The Hall–Kier alpha value is -2.45. The summed E-state index contributed by atoms with van der Waals surface area (Å²) in [5, 5.41) is 10.2. The Kier molecular flexibility index (Phi) is 6.00. The molecule has 28 heavy (non-hydrogen) atoms. The maximum absolute atomic E-state index is 13.8. The molecule has 0 radical (unpaired) electrons. The molecule has 1 fully saturated rings. The highest BCUT2D eigenvalue weighted by Crippen LogP contribution is 2.32. The molecule has 2 aromatic rings. The number of carbonyl (C=O) groups excluding carboxylic acids is 1. The maximum Gasteiger partial charge on any atom is 0.417 e. The maximum atomic E-state index is 13.8. The van der Waals surface area contributed by atoms with Gasteiger partial charge in [-0.05, 0) is 18.2 Å². The van der Waals surface area contributed by atoms with Gasteiger partial charge in [-0.1, -0.05) is 30.3 Å². The van der Waals surface area contributed by atoms with Crippen molar-refractivity contribution in [2.45, 2.75) is 12.3 Å². The topological polar surface area (TPSA) is 43.8 Å². The average Bonchev–Trinajstić information content (AvgIpc) is 2.67. The minimum Gasteiger partial charge on any atom is -0.387 e. The van der Waals surface area contributed by atoms with Crippen LogP contribution in [0.4, 0.5) is 17.6 Å². The monoisotopic (exact) mass is 396 g/mol. The molecule has 1 N–H and O–H groups in total. The molecule has 0 spiro atoms. The molecule has 1 amide bonds. The number of β-amino-alcohol motifs (C(OH)–C–C–N with tert-alkyl or cyclic N) is 1. The number of nitrogens with zero attached hydrogens (tertiary/aromatic N) is 2. The van der Waals surface area contributed by atoms with Crippen molar-refractivity contribution in [2.75, 3.05) is 32.7 Å². The molecule has 0 saturated carbocycles. The third kappa shape index (κ3) is 4.51. The van der Waals surface area contributed by atoms with E-state index in [1.165, 1.54) is 41.3 Å². The number of aliphatic hydroxyl groups excluding tert-OH is 1. The zero-order valence-electron chi connectivity index (χ0n) is 15.0. The number of alkyl halides is 3. The first-order valence-electron chi connectivity index (χ1n) is 8.87. The summed E-state index contributed by atoms with van der Waals surface area (Å²) in [5.41, 5.74) is -1.12. The SMILES string of the molecule is O=C(c1ccccc1C(F)(F)F)N1CCN(C[C@@H](O)c2ccccc2F)CC1. The second kappa shape index (κ2) is 8.28. The number of benzene rings is 2. The van der Waals surface area contributed by atoms with Crippen LogP contribution in [-0.2, 0) is 6.18 Å². The van der Waals surface area contributed by atoms with Gasteiger partial charge in [0.2, 0.25) is 0 Å². The lowest BCUT2D eigenvalue weighted by Crippen LogP contribution is -2.49. The highest BCUT2D eigenvalue weighted by molar-refractivity contribution is 5.96. The number of halogens is 4. The lowest BCUT2D eigenvalue weighted by Gasteiger charge is -2.36. The van der Waals surface area contributed by atoms with Crippen molar-refractivity contribution in [2.24, 2.45) is 0 Å². The highest BCUT2D eigenvalue weighted by atomic mass is 19.4. The first kappa shape index (κ1) is 20.3. The van der Waals surface area contributed by atoms with Crippen LogP contribution in [0.1, 0.15) is 27.6 Å². The van der Waals surface area contributed by atoms with Gasteiger partial charge in [-0.3, -0.25) is 9.69 Å². The number of hydrogen-bond donors (Lipinski definition) is 1.